The quantitative estimate of drug-likeness (QED) is 0.752. The molecule has 1 aliphatic carbocycles. The van der Waals surface area contributed by atoms with Gasteiger partial charge in [-0.15, -0.1) is 0 Å². The predicted molar refractivity (Wildman–Crippen MR) is 86.9 cm³/mol. The van der Waals surface area contributed by atoms with Gasteiger partial charge in [0, 0.05) is 24.1 Å². The second kappa shape index (κ2) is 6.18. The highest BCUT2D eigenvalue weighted by atomic mass is 16.3. The minimum absolute atomic E-state index is 0.108. The second-order valence-corrected chi connectivity index (χ2v) is 6.94. The molecular weight excluding hydrogens is 264 g/mol. The van der Waals surface area contributed by atoms with Crippen LogP contribution in [0.1, 0.15) is 51.9 Å². The average molecular weight is 292 g/mol. The third-order valence-electron chi connectivity index (χ3n) is 3.81. The Kier molecular flexibility index (Phi) is 4.71. The van der Waals surface area contributed by atoms with Crippen molar-refractivity contribution in [3.05, 3.63) is 11.4 Å². The first-order chi connectivity index (χ1) is 9.82. The summed E-state index contributed by atoms with van der Waals surface area (Å²) in [5.74, 6) is 2.98. The van der Waals surface area contributed by atoms with E-state index < -0.39 is 0 Å². The van der Waals surface area contributed by atoms with Crippen molar-refractivity contribution in [1.29, 1.82) is 0 Å². The standard InChI is InChI=1S/C16H28N4O/c1-6-17-13-10(2)14(18-9-12(21)11-7-8-11)20-15(19-13)16(3,4)5/h11-12,21H,6-9H2,1-5H3,(H2,17,18,19,20). The lowest BCUT2D eigenvalue weighted by Gasteiger charge is -2.22. The van der Waals surface area contributed by atoms with Gasteiger partial charge in [-0.05, 0) is 32.6 Å². The van der Waals surface area contributed by atoms with Crippen LogP contribution in [0.5, 0.6) is 0 Å². The fraction of sp³-hybridized carbons (Fsp3) is 0.750. The SMILES string of the molecule is CCNc1nc(C(C)(C)C)nc(NCC(O)C2CC2)c1C. The smallest absolute Gasteiger partial charge is 0.138 e. The van der Waals surface area contributed by atoms with Crippen LogP contribution < -0.4 is 10.6 Å². The number of nitrogens with one attached hydrogen (secondary N) is 2. The molecule has 1 unspecified atom stereocenters. The summed E-state index contributed by atoms with van der Waals surface area (Å²) in [7, 11) is 0. The van der Waals surface area contributed by atoms with E-state index in [-0.39, 0.29) is 11.5 Å². The fourth-order valence-electron chi connectivity index (χ4n) is 2.21. The highest BCUT2D eigenvalue weighted by Crippen LogP contribution is 2.33. The molecule has 1 aliphatic rings. The van der Waals surface area contributed by atoms with E-state index in [4.69, 9.17) is 0 Å². The van der Waals surface area contributed by atoms with Crippen LogP contribution in [0.3, 0.4) is 0 Å². The Morgan fingerprint density at radius 3 is 2.24 bits per heavy atom. The molecule has 1 heterocycles. The van der Waals surface area contributed by atoms with E-state index in [9.17, 15) is 5.11 Å². The Bertz CT molecular complexity index is 492. The van der Waals surface area contributed by atoms with E-state index in [0.717, 1.165) is 42.4 Å². The number of anilines is 2. The number of aliphatic hydroxyl groups is 1. The molecule has 0 aromatic carbocycles. The molecule has 118 valence electrons. The van der Waals surface area contributed by atoms with Gasteiger partial charge < -0.3 is 15.7 Å². The van der Waals surface area contributed by atoms with E-state index in [1.54, 1.807) is 0 Å². The Hall–Kier alpha value is -1.36. The monoisotopic (exact) mass is 292 g/mol. The normalized spacial score (nSPS) is 16.7. The molecule has 1 atom stereocenters. The van der Waals surface area contributed by atoms with Crippen LogP contribution in [0.4, 0.5) is 11.6 Å². The molecular formula is C16H28N4O. The molecule has 3 N–H and O–H groups in total. The average Bonchev–Trinajstić information content (AvgIpc) is 3.22. The topological polar surface area (TPSA) is 70.1 Å². The molecule has 5 nitrogen and oxygen atoms in total. The summed E-state index contributed by atoms with van der Waals surface area (Å²) < 4.78 is 0. The molecule has 0 saturated heterocycles. The molecule has 5 heteroatoms. The van der Waals surface area contributed by atoms with Gasteiger partial charge in [0.15, 0.2) is 0 Å². The molecule has 1 fully saturated rings. The van der Waals surface area contributed by atoms with E-state index >= 15 is 0 Å². The molecule has 1 aromatic heterocycles. The van der Waals surface area contributed by atoms with Crippen LogP contribution in [0.25, 0.3) is 0 Å². The largest absolute Gasteiger partial charge is 0.391 e. The maximum absolute atomic E-state index is 10.0. The van der Waals surface area contributed by atoms with Crippen LogP contribution in [-0.4, -0.2) is 34.3 Å². The van der Waals surface area contributed by atoms with Gasteiger partial charge >= 0.3 is 0 Å². The van der Waals surface area contributed by atoms with Crippen molar-refractivity contribution < 1.29 is 5.11 Å². The molecule has 1 aromatic rings. The summed E-state index contributed by atoms with van der Waals surface area (Å²) >= 11 is 0. The van der Waals surface area contributed by atoms with Gasteiger partial charge in [-0.3, -0.25) is 0 Å². The first-order valence-electron chi connectivity index (χ1n) is 7.87. The van der Waals surface area contributed by atoms with Crippen molar-refractivity contribution in [3.8, 4) is 0 Å². The molecule has 0 bridgehead atoms. The Morgan fingerprint density at radius 1 is 1.19 bits per heavy atom. The molecule has 0 spiro atoms. The van der Waals surface area contributed by atoms with Gasteiger partial charge in [0.2, 0.25) is 0 Å². The first kappa shape index (κ1) is 16.0. The number of rotatable bonds is 6. The van der Waals surface area contributed by atoms with Gasteiger partial charge in [0.05, 0.1) is 6.10 Å². The van der Waals surface area contributed by atoms with Crippen LogP contribution in [-0.2, 0) is 5.41 Å². The number of nitrogens with zero attached hydrogens (tertiary/aromatic N) is 2. The summed E-state index contributed by atoms with van der Waals surface area (Å²) in [6, 6.07) is 0. The Morgan fingerprint density at radius 2 is 1.76 bits per heavy atom. The van der Waals surface area contributed by atoms with Crippen molar-refractivity contribution in [1.82, 2.24) is 9.97 Å². The number of hydrogen-bond donors (Lipinski definition) is 3. The third-order valence-corrected chi connectivity index (χ3v) is 3.81. The van der Waals surface area contributed by atoms with Gasteiger partial charge in [0.25, 0.3) is 0 Å². The summed E-state index contributed by atoms with van der Waals surface area (Å²) in [4.78, 5) is 9.31. The Balaban J connectivity index is 2.22. The summed E-state index contributed by atoms with van der Waals surface area (Å²) in [5, 5.41) is 16.6. The number of aromatic nitrogens is 2. The van der Waals surface area contributed by atoms with Gasteiger partial charge in [-0.1, -0.05) is 20.8 Å². The van der Waals surface area contributed by atoms with Gasteiger partial charge in [0.1, 0.15) is 17.5 Å². The minimum atomic E-state index is -0.278. The van der Waals surface area contributed by atoms with Crippen molar-refractivity contribution in [3.63, 3.8) is 0 Å². The molecule has 0 aliphatic heterocycles. The van der Waals surface area contributed by atoms with E-state index in [1.807, 2.05) is 6.92 Å². The van der Waals surface area contributed by atoms with Crippen LogP contribution in [0.15, 0.2) is 0 Å². The van der Waals surface area contributed by atoms with Crippen molar-refractivity contribution in [2.45, 2.75) is 59.0 Å². The summed E-state index contributed by atoms with van der Waals surface area (Å²) in [5.41, 5.74) is 0.900. The van der Waals surface area contributed by atoms with Crippen molar-refractivity contribution >= 4 is 11.6 Å². The molecule has 1 saturated carbocycles. The van der Waals surface area contributed by atoms with Crippen molar-refractivity contribution in [2.24, 2.45) is 5.92 Å². The maximum atomic E-state index is 10.0. The zero-order chi connectivity index (χ0) is 15.6. The van der Waals surface area contributed by atoms with Crippen LogP contribution in [0.2, 0.25) is 0 Å². The molecule has 2 rings (SSSR count). The maximum Gasteiger partial charge on any atom is 0.138 e. The number of hydrogen-bond acceptors (Lipinski definition) is 5. The highest BCUT2D eigenvalue weighted by Gasteiger charge is 2.29. The van der Waals surface area contributed by atoms with Crippen LogP contribution in [0, 0.1) is 12.8 Å². The second-order valence-electron chi connectivity index (χ2n) is 6.94. The highest BCUT2D eigenvalue weighted by molar-refractivity contribution is 5.57. The summed E-state index contributed by atoms with van der Waals surface area (Å²) in [6.07, 6.45) is 2.00. The predicted octanol–water partition coefficient (Wildman–Crippen LogP) is 2.70. The zero-order valence-electron chi connectivity index (χ0n) is 13.8. The lowest BCUT2D eigenvalue weighted by Crippen LogP contribution is -2.24. The molecule has 0 radical (unpaired) electrons. The third kappa shape index (κ3) is 4.06. The number of aliphatic hydroxyl groups excluding tert-OH is 1. The first-order valence-corrected chi connectivity index (χ1v) is 7.87. The van der Waals surface area contributed by atoms with E-state index in [0.29, 0.717) is 12.5 Å². The summed E-state index contributed by atoms with van der Waals surface area (Å²) in [6.45, 7) is 11.8. The lowest BCUT2D eigenvalue weighted by molar-refractivity contribution is 0.164. The molecule has 21 heavy (non-hydrogen) atoms. The lowest BCUT2D eigenvalue weighted by atomic mass is 9.95. The Labute approximate surface area is 127 Å². The fourth-order valence-corrected chi connectivity index (χ4v) is 2.21. The van der Waals surface area contributed by atoms with E-state index in [2.05, 4.69) is 48.3 Å². The zero-order valence-corrected chi connectivity index (χ0v) is 13.8. The van der Waals surface area contributed by atoms with E-state index in [1.165, 1.54) is 0 Å². The van der Waals surface area contributed by atoms with Gasteiger partial charge in [-0.2, -0.15) is 0 Å². The van der Waals surface area contributed by atoms with Crippen molar-refractivity contribution in [2.75, 3.05) is 23.7 Å². The molecule has 0 amide bonds. The minimum Gasteiger partial charge on any atom is -0.391 e. The van der Waals surface area contributed by atoms with Crippen LogP contribution >= 0.6 is 0 Å². The van der Waals surface area contributed by atoms with Gasteiger partial charge in [-0.25, -0.2) is 9.97 Å².